The third-order valence-electron chi connectivity index (χ3n) is 5.51. The van der Waals surface area contributed by atoms with Crippen molar-refractivity contribution in [2.24, 2.45) is 0 Å². The summed E-state index contributed by atoms with van der Waals surface area (Å²) in [6, 6.07) is 17.6. The Balaban J connectivity index is 0.00000342. The normalized spacial score (nSPS) is 11.5. The number of carboxylic acids is 1. The van der Waals surface area contributed by atoms with Crippen molar-refractivity contribution in [1.82, 2.24) is 8.75 Å². The molecular weight excluding hydrogens is 491 g/mol. The number of aliphatic carboxylic acids is 1. The maximum absolute atomic E-state index is 13.7. The molecule has 172 valence electrons. The molecule has 0 unspecified atom stereocenters. The molecule has 0 N–H and O–H groups in total. The van der Waals surface area contributed by atoms with Gasteiger partial charge in [0.2, 0.25) is 0 Å². The van der Waals surface area contributed by atoms with Crippen LogP contribution in [-0.4, -0.2) is 33.9 Å². The molecule has 0 saturated carbocycles. The van der Waals surface area contributed by atoms with Crippen molar-refractivity contribution in [3.05, 3.63) is 88.5 Å². The van der Waals surface area contributed by atoms with Gasteiger partial charge in [-0.3, -0.25) is 4.79 Å². The van der Waals surface area contributed by atoms with Crippen LogP contribution in [0.2, 0.25) is 0 Å². The molecule has 0 aliphatic carbocycles. The van der Waals surface area contributed by atoms with E-state index in [0.29, 0.717) is 22.2 Å². The number of fused-ring (bicyclic) bond motifs is 1. The van der Waals surface area contributed by atoms with Crippen LogP contribution < -0.4 is 39.4 Å². The standard InChI is InChI=1S/C26H22N2O4S2.Na/c1-15-12-16(4-11-23(15)32-2)13-20(25(29)17-5-8-19(33-3)9-6-17)24(26(30)31)18-7-10-21-22(14-18)28-34-27-21;/h4-12,14H,13H2,1-3H3,(H,30,31);/q;+1/p-1. The molecule has 6 nitrogen and oxygen atoms in total. The molecule has 4 rings (SSSR count). The molecule has 1 aromatic heterocycles. The summed E-state index contributed by atoms with van der Waals surface area (Å²) in [6.45, 7) is 1.90. The molecule has 3 aromatic carbocycles. The van der Waals surface area contributed by atoms with Crippen molar-refractivity contribution < 1.29 is 49.0 Å². The van der Waals surface area contributed by atoms with Gasteiger partial charge in [0.1, 0.15) is 16.8 Å². The molecule has 9 heteroatoms. The summed E-state index contributed by atoms with van der Waals surface area (Å²) in [7, 11) is 1.59. The van der Waals surface area contributed by atoms with Crippen LogP contribution in [0.3, 0.4) is 0 Å². The van der Waals surface area contributed by atoms with E-state index < -0.39 is 5.97 Å². The van der Waals surface area contributed by atoms with E-state index in [1.807, 2.05) is 43.5 Å². The van der Waals surface area contributed by atoms with E-state index in [4.69, 9.17) is 4.74 Å². The SMILES string of the molecule is COc1ccc(CC(C(=O)c2ccc(SC)cc2)=C(C(=O)[O-])c2ccc3nsnc3c2)cc1C.[Na+]. The van der Waals surface area contributed by atoms with Crippen molar-refractivity contribution in [2.45, 2.75) is 18.2 Å². The molecule has 4 aromatic rings. The van der Waals surface area contributed by atoms with E-state index in [9.17, 15) is 14.7 Å². The van der Waals surface area contributed by atoms with Crippen molar-refractivity contribution in [3.8, 4) is 5.75 Å². The zero-order chi connectivity index (χ0) is 24.2. The fourth-order valence-corrected chi connectivity index (χ4v) is 4.73. The van der Waals surface area contributed by atoms with Gasteiger partial charge in [-0.05, 0) is 72.3 Å². The van der Waals surface area contributed by atoms with Crippen LogP contribution in [0.15, 0.2) is 71.1 Å². The number of hydrogen-bond donors (Lipinski definition) is 0. The largest absolute Gasteiger partial charge is 1.00 e. The molecular formula is C26H21N2NaO4S2. The molecule has 0 bridgehead atoms. The maximum Gasteiger partial charge on any atom is 1.00 e. The molecule has 0 fully saturated rings. The van der Waals surface area contributed by atoms with Gasteiger partial charge in [-0.1, -0.05) is 18.2 Å². The Kier molecular flexibility index (Phi) is 9.27. The van der Waals surface area contributed by atoms with Crippen LogP contribution in [-0.2, 0) is 11.2 Å². The summed E-state index contributed by atoms with van der Waals surface area (Å²) in [5.74, 6) is -1.07. The number of rotatable bonds is 8. The first kappa shape index (κ1) is 27.1. The van der Waals surface area contributed by atoms with E-state index in [2.05, 4.69) is 8.75 Å². The molecule has 0 aliphatic heterocycles. The average Bonchev–Trinajstić information content (AvgIpc) is 3.31. The summed E-state index contributed by atoms with van der Waals surface area (Å²) >= 11 is 2.61. The Morgan fingerprint density at radius 2 is 1.66 bits per heavy atom. The predicted molar refractivity (Wildman–Crippen MR) is 133 cm³/mol. The molecule has 1 heterocycles. The van der Waals surface area contributed by atoms with E-state index in [-0.39, 0.29) is 52.9 Å². The van der Waals surface area contributed by atoms with E-state index >= 15 is 0 Å². The molecule has 0 spiro atoms. The Hall–Kier alpha value is -2.49. The van der Waals surface area contributed by atoms with Gasteiger partial charge in [0.25, 0.3) is 0 Å². The Morgan fingerprint density at radius 3 is 2.29 bits per heavy atom. The maximum atomic E-state index is 13.7. The van der Waals surface area contributed by atoms with Crippen LogP contribution in [0.4, 0.5) is 0 Å². The first-order chi connectivity index (χ1) is 16.4. The summed E-state index contributed by atoms with van der Waals surface area (Å²) < 4.78 is 13.7. The van der Waals surface area contributed by atoms with Crippen LogP contribution >= 0.6 is 23.5 Å². The fraction of sp³-hybridized carbons (Fsp3) is 0.154. The van der Waals surface area contributed by atoms with Crippen molar-refractivity contribution in [2.75, 3.05) is 13.4 Å². The number of ketones is 1. The third-order valence-corrected chi connectivity index (χ3v) is 6.82. The zero-order valence-electron chi connectivity index (χ0n) is 19.8. The molecule has 0 atom stereocenters. The molecule has 0 amide bonds. The Morgan fingerprint density at radius 1 is 0.971 bits per heavy atom. The minimum Gasteiger partial charge on any atom is -0.545 e. The van der Waals surface area contributed by atoms with Gasteiger partial charge in [-0.15, -0.1) is 11.8 Å². The van der Waals surface area contributed by atoms with Crippen LogP contribution in [0.1, 0.15) is 27.0 Å². The molecule has 0 aliphatic rings. The minimum absolute atomic E-state index is 0. The number of ether oxygens (including phenoxy) is 1. The summed E-state index contributed by atoms with van der Waals surface area (Å²) in [6.07, 6.45) is 2.07. The van der Waals surface area contributed by atoms with Crippen molar-refractivity contribution in [3.63, 3.8) is 0 Å². The monoisotopic (exact) mass is 512 g/mol. The number of carbonyl (C=O) groups is 2. The number of nitrogens with zero attached hydrogens (tertiary/aromatic N) is 2. The van der Waals surface area contributed by atoms with E-state index in [0.717, 1.165) is 33.5 Å². The van der Waals surface area contributed by atoms with Gasteiger partial charge in [-0.25, -0.2) is 0 Å². The van der Waals surface area contributed by atoms with Crippen LogP contribution in [0, 0.1) is 6.92 Å². The third kappa shape index (κ3) is 6.02. The molecule has 0 radical (unpaired) electrons. The second-order valence-electron chi connectivity index (χ2n) is 7.65. The number of aromatic nitrogens is 2. The Bertz CT molecular complexity index is 1410. The average molecular weight is 513 g/mol. The molecule has 35 heavy (non-hydrogen) atoms. The number of methoxy groups -OCH3 is 1. The Labute approximate surface area is 234 Å². The van der Waals surface area contributed by atoms with Crippen molar-refractivity contribution >= 4 is 51.8 Å². The zero-order valence-corrected chi connectivity index (χ0v) is 23.5. The van der Waals surface area contributed by atoms with Gasteiger partial charge in [0, 0.05) is 28.0 Å². The number of allylic oxidation sites excluding steroid dienone is 1. The van der Waals surface area contributed by atoms with E-state index in [1.165, 1.54) is 0 Å². The number of carboxylic acid groups (broad SMARTS) is 1. The number of hydrogen-bond acceptors (Lipinski definition) is 8. The number of thioether (sulfide) groups is 1. The molecule has 0 saturated heterocycles. The minimum atomic E-state index is -1.42. The summed E-state index contributed by atoms with van der Waals surface area (Å²) in [4.78, 5) is 27.1. The predicted octanol–water partition coefficient (Wildman–Crippen LogP) is 1.36. The van der Waals surface area contributed by atoms with E-state index in [1.54, 1.807) is 49.2 Å². The second-order valence-corrected chi connectivity index (χ2v) is 9.06. The second kappa shape index (κ2) is 12.0. The smallest absolute Gasteiger partial charge is 0.545 e. The van der Waals surface area contributed by atoms with Gasteiger partial charge in [0.15, 0.2) is 5.78 Å². The van der Waals surface area contributed by atoms with Crippen LogP contribution in [0.5, 0.6) is 5.75 Å². The fourth-order valence-electron chi connectivity index (χ4n) is 3.81. The number of carbonyl (C=O) groups excluding carboxylic acids is 2. The van der Waals surface area contributed by atoms with Gasteiger partial charge >= 0.3 is 29.6 Å². The summed E-state index contributed by atoms with van der Waals surface area (Å²) in [5, 5.41) is 12.4. The number of benzene rings is 3. The van der Waals surface area contributed by atoms with Gasteiger partial charge in [0.05, 0.1) is 24.8 Å². The van der Waals surface area contributed by atoms with Gasteiger partial charge in [-0.2, -0.15) is 8.75 Å². The summed E-state index contributed by atoms with van der Waals surface area (Å²) in [5.41, 5.74) is 3.67. The van der Waals surface area contributed by atoms with Crippen molar-refractivity contribution in [1.29, 1.82) is 0 Å². The number of aryl methyl sites for hydroxylation is 1. The number of Topliss-reactive ketones (excluding diaryl/α,β-unsaturated/α-hetero) is 1. The first-order valence-electron chi connectivity index (χ1n) is 10.4. The van der Waals surface area contributed by atoms with Gasteiger partial charge < -0.3 is 14.6 Å². The van der Waals surface area contributed by atoms with Crippen LogP contribution in [0.25, 0.3) is 16.6 Å². The quantitative estimate of drug-likeness (QED) is 0.152. The topological polar surface area (TPSA) is 92.2 Å². The first-order valence-corrected chi connectivity index (χ1v) is 12.4.